The van der Waals surface area contributed by atoms with Crippen molar-refractivity contribution in [2.75, 3.05) is 18.5 Å². The van der Waals surface area contributed by atoms with Gasteiger partial charge in [-0.3, -0.25) is 0 Å². The molecule has 2 aromatic rings. The van der Waals surface area contributed by atoms with Crippen LogP contribution in [0.2, 0.25) is 5.28 Å². The van der Waals surface area contributed by atoms with Crippen molar-refractivity contribution in [2.24, 2.45) is 0 Å². The molecule has 0 aromatic carbocycles. The van der Waals surface area contributed by atoms with Crippen LogP contribution in [0, 0.1) is 0 Å². The summed E-state index contributed by atoms with van der Waals surface area (Å²) in [5.41, 5.74) is -0.667. The standard InChI is InChI=1S/C13H17ClN6O/c1-19(9-13(21)5-2-3-6-13)11-16-10(14)17-12(18-11)20-8-4-7-15-20/h4,7-8,21H,2-3,5-6,9H2,1H3. The Morgan fingerprint density at radius 2 is 2.10 bits per heavy atom. The molecule has 8 heteroatoms. The highest BCUT2D eigenvalue weighted by atomic mass is 35.5. The number of hydrogen-bond acceptors (Lipinski definition) is 6. The van der Waals surface area contributed by atoms with Crippen LogP contribution >= 0.6 is 11.6 Å². The largest absolute Gasteiger partial charge is 0.388 e. The third kappa shape index (κ3) is 3.14. The first-order chi connectivity index (χ1) is 10.1. The topological polar surface area (TPSA) is 80.0 Å². The molecule has 21 heavy (non-hydrogen) atoms. The third-order valence-corrected chi connectivity index (χ3v) is 3.87. The van der Waals surface area contributed by atoms with Crippen LogP contribution in [0.25, 0.3) is 5.95 Å². The summed E-state index contributed by atoms with van der Waals surface area (Å²) in [4.78, 5) is 14.4. The van der Waals surface area contributed by atoms with E-state index in [0.717, 1.165) is 25.7 Å². The van der Waals surface area contributed by atoms with Crippen LogP contribution in [-0.2, 0) is 0 Å². The molecule has 7 nitrogen and oxygen atoms in total. The summed E-state index contributed by atoms with van der Waals surface area (Å²) < 4.78 is 1.52. The molecule has 1 aliphatic rings. The summed E-state index contributed by atoms with van der Waals surface area (Å²) in [6.07, 6.45) is 7.11. The van der Waals surface area contributed by atoms with Crippen molar-refractivity contribution in [3.05, 3.63) is 23.7 Å². The lowest BCUT2D eigenvalue weighted by Crippen LogP contribution is -2.40. The van der Waals surface area contributed by atoms with Crippen LogP contribution in [0.5, 0.6) is 0 Å². The molecule has 112 valence electrons. The van der Waals surface area contributed by atoms with E-state index in [2.05, 4.69) is 20.1 Å². The summed E-state index contributed by atoms with van der Waals surface area (Å²) in [5.74, 6) is 0.793. The van der Waals surface area contributed by atoms with Crippen molar-refractivity contribution in [2.45, 2.75) is 31.3 Å². The first-order valence-corrected chi connectivity index (χ1v) is 7.29. The molecule has 0 saturated heterocycles. The van der Waals surface area contributed by atoms with E-state index >= 15 is 0 Å². The van der Waals surface area contributed by atoms with Crippen LogP contribution < -0.4 is 4.90 Å². The molecule has 2 heterocycles. The van der Waals surface area contributed by atoms with Crippen LogP contribution in [0.4, 0.5) is 5.95 Å². The van der Waals surface area contributed by atoms with Crippen molar-refractivity contribution < 1.29 is 5.11 Å². The van der Waals surface area contributed by atoms with E-state index in [-0.39, 0.29) is 5.28 Å². The maximum Gasteiger partial charge on any atom is 0.256 e. The van der Waals surface area contributed by atoms with Gasteiger partial charge in [0, 0.05) is 26.0 Å². The smallest absolute Gasteiger partial charge is 0.256 e. The minimum atomic E-state index is -0.667. The van der Waals surface area contributed by atoms with Gasteiger partial charge in [0.1, 0.15) is 0 Å². The number of nitrogens with zero attached hydrogens (tertiary/aromatic N) is 6. The lowest BCUT2D eigenvalue weighted by atomic mass is 10.0. The predicted octanol–water partition coefficient (Wildman–Crippen LogP) is 1.45. The highest BCUT2D eigenvalue weighted by Gasteiger charge is 2.33. The molecule has 0 bridgehead atoms. The lowest BCUT2D eigenvalue weighted by molar-refractivity contribution is 0.0556. The number of hydrogen-bond donors (Lipinski definition) is 1. The Bertz CT molecular complexity index is 611. The van der Waals surface area contributed by atoms with E-state index in [0.29, 0.717) is 18.4 Å². The molecular formula is C13H17ClN6O. The van der Waals surface area contributed by atoms with E-state index in [9.17, 15) is 5.11 Å². The molecule has 1 saturated carbocycles. The second-order valence-corrected chi connectivity index (χ2v) is 5.78. The average Bonchev–Trinajstić information content (AvgIpc) is 3.09. The Labute approximate surface area is 127 Å². The summed E-state index contributed by atoms with van der Waals surface area (Å²) in [6.45, 7) is 0.478. The first kappa shape index (κ1) is 14.2. The molecule has 0 atom stereocenters. The van der Waals surface area contributed by atoms with Gasteiger partial charge >= 0.3 is 0 Å². The van der Waals surface area contributed by atoms with Crippen LogP contribution in [0.3, 0.4) is 0 Å². The molecule has 3 rings (SSSR count). The highest BCUT2D eigenvalue weighted by molar-refractivity contribution is 6.28. The highest BCUT2D eigenvalue weighted by Crippen LogP contribution is 2.30. The quantitative estimate of drug-likeness (QED) is 0.921. The fourth-order valence-corrected chi connectivity index (χ4v) is 2.84. The number of likely N-dealkylation sites (N-methyl/N-ethyl adjacent to an activating group) is 1. The van der Waals surface area contributed by atoms with Gasteiger partial charge in [0.15, 0.2) is 0 Å². The Hall–Kier alpha value is -1.73. The number of halogens is 1. The monoisotopic (exact) mass is 308 g/mol. The van der Waals surface area contributed by atoms with Crippen molar-refractivity contribution in [3.63, 3.8) is 0 Å². The van der Waals surface area contributed by atoms with Gasteiger partial charge in [0.25, 0.3) is 5.95 Å². The van der Waals surface area contributed by atoms with Crippen molar-refractivity contribution >= 4 is 17.5 Å². The van der Waals surface area contributed by atoms with Crippen molar-refractivity contribution in [1.29, 1.82) is 0 Å². The molecule has 0 radical (unpaired) electrons. The van der Waals surface area contributed by atoms with Gasteiger partial charge < -0.3 is 10.0 Å². The van der Waals surface area contributed by atoms with Crippen LogP contribution in [0.15, 0.2) is 18.5 Å². The van der Waals surface area contributed by atoms with E-state index in [1.807, 2.05) is 11.9 Å². The predicted molar refractivity (Wildman–Crippen MR) is 78.6 cm³/mol. The minimum Gasteiger partial charge on any atom is -0.388 e. The van der Waals surface area contributed by atoms with Crippen LogP contribution in [0.1, 0.15) is 25.7 Å². The normalized spacial score (nSPS) is 17.1. The Morgan fingerprint density at radius 3 is 2.76 bits per heavy atom. The number of rotatable bonds is 4. The molecule has 1 N–H and O–H groups in total. The molecule has 0 spiro atoms. The van der Waals surface area contributed by atoms with Gasteiger partial charge in [-0.1, -0.05) is 12.8 Å². The van der Waals surface area contributed by atoms with Crippen molar-refractivity contribution in [1.82, 2.24) is 24.7 Å². The first-order valence-electron chi connectivity index (χ1n) is 6.91. The molecular weight excluding hydrogens is 292 g/mol. The summed E-state index contributed by atoms with van der Waals surface area (Å²) >= 11 is 5.97. The zero-order valence-electron chi connectivity index (χ0n) is 11.8. The lowest BCUT2D eigenvalue weighted by Gasteiger charge is -2.28. The molecule has 1 aliphatic carbocycles. The van der Waals surface area contributed by atoms with Gasteiger partial charge in [-0.15, -0.1) is 0 Å². The van der Waals surface area contributed by atoms with E-state index in [1.165, 1.54) is 4.68 Å². The van der Waals surface area contributed by atoms with Crippen molar-refractivity contribution in [3.8, 4) is 5.95 Å². The number of anilines is 1. The van der Waals surface area contributed by atoms with E-state index in [4.69, 9.17) is 11.6 Å². The van der Waals surface area contributed by atoms with Gasteiger partial charge in [-0.25, -0.2) is 4.68 Å². The maximum atomic E-state index is 10.5. The Balaban J connectivity index is 1.84. The summed E-state index contributed by atoms with van der Waals surface area (Å²) in [5, 5.41) is 14.7. The van der Waals surface area contributed by atoms with Gasteiger partial charge in [-0.05, 0) is 30.5 Å². The fraction of sp³-hybridized carbons (Fsp3) is 0.538. The van der Waals surface area contributed by atoms with E-state index < -0.39 is 5.60 Å². The number of aliphatic hydroxyl groups is 1. The fourth-order valence-electron chi connectivity index (χ4n) is 2.69. The molecule has 0 amide bonds. The van der Waals surface area contributed by atoms with E-state index in [1.54, 1.807) is 18.5 Å². The molecule has 1 fully saturated rings. The SMILES string of the molecule is CN(CC1(O)CCCC1)c1nc(Cl)nc(-n2cccn2)n1. The molecule has 0 aliphatic heterocycles. The summed E-state index contributed by atoms with van der Waals surface area (Å²) in [6, 6.07) is 1.78. The third-order valence-electron chi connectivity index (χ3n) is 3.70. The van der Waals surface area contributed by atoms with Gasteiger partial charge in [0.05, 0.1) is 5.60 Å². The van der Waals surface area contributed by atoms with Crippen LogP contribution in [-0.4, -0.2) is 49.0 Å². The maximum absolute atomic E-state index is 10.5. The minimum absolute atomic E-state index is 0.107. The second kappa shape index (κ2) is 5.57. The van der Waals surface area contributed by atoms with Gasteiger partial charge in [0.2, 0.25) is 11.2 Å². The van der Waals surface area contributed by atoms with Gasteiger partial charge in [-0.2, -0.15) is 20.1 Å². The average molecular weight is 309 g/mol. The number of aromatic nitrogens is 5. The zero-order chi connectivity index (χ0) is 14.9. The summed E-state index contributed by atoms with van der Waals surface area (Å²) in [7, 11) is 1.84. The Morgan fingerprint density at radius 1 is 1.33 bits per heavy atom. The Kier molecular flexibility index (Phi) is 3.77. The second-order valence-electron chi connectivity index (χ2n) is 5.44. The molecule has 0 unspecified atom stereocenters. The zero-order valence-corrected chi connectivity index (χ0v) is 12.5. The molecule has 2 aromatic heterocycles.